The smallest absolute Gasteiger partial charge is 0.241 e. The van der Waals surface area contributed by atoms with Crippen LogP contribution in [0, 0.1) is 6.92 Å². The Bertz CT molecular complexity index is 1150. The summed E-state index contributed by atoms with van der Waals surface area (Å²) in [5.41, 5.74) is -2.13. The highest BCUT2D eigenvalue weighted by Crippen LogP contribution is 2.37. The van der Waals surface area contributed by atoms with E-state index < -0.39 is 38.4 Å². The zero-order chi connectivity index (χ0) is 23.0. The van der Waals surface area contributed by atoms with E-state index in [-0.39, 0.29) is 24.7 Å². The van der Waals surface area contributed by atoms with Crippen molar-refractivity contribution >= 4 is 21.4 Å². The number of halogens is 6. The number of hydrogen-bond donors (Lipinski definition) is 1. The third-order valence-corrected chi connectivity index (χ3v) is 6.79. The van der Waals surface area contributed by atoms with Crippen LogP contribution in [-0.2, 0) is 28.9 Å². The van der Waals surface area contributed by atoms with Gasteiger partial charge in [-0.1, -0.05) is 30.3 Å². The van der Waals surface area contributed by atoms with Crippen LogP contribution in [0.5, 0.6) is 0 Å². The molecule has 4 nitrogen and oxygen atoms in total. The molecule has 0 fully saturated rings. The first-order valence-electron chi connectivity index (χ1n) is 8.58. The molecule has 0 aliphatic rings. The normalized spacial score (nSPS) is 12.9. The molecule has 0 amide bonds. The maximum atomic E-state index is 13.0. The predicted molar refractivity (Wildman–Crippen MR) is 103 cm³/mol. The second-order valence-corrected chi connectivity index (χ2v) is 9.31. The van der Waals surface area contributed by atoms with E-state index in [9.17, 15) is 34.8 Å². The molecule has 0 atom stereocenters. The molecule has 166 valence electrons. The maximum Gasteiger partial charge on any atom is 0.416 e. The van der Waals surface area contributed by atoms with Crippen LogP contribution in [0.1, 0.15) is 21.7 Å². The molecule has 1 N–H and O–H groups in total. The van der Waals surface area contributed by atoms with E-state index in [1.807, 2.05) is 6.07 Å². The van der Waals surface area contributed by atoms with E-state index in [2.05, 4.69) is 9.71 Å². The lowest BCUT2D eigenvalue weighted by Crippen LogP contribution is -2.24. The molecule has 0 bridgehead atoms. The lowest BCUT2D eigenvalue weighted by molar-refractivity contribution is -0.143. The van der Waals surface area contributed by atoms with Gasteiger partial charge in [-0.05, 0) is 25.1 Å². The standard InChI is InChI=1S/C19H14F6N2O2S2/c1-11-16(30-17(27-11)12-5-3-2-4-6-12)10-26-31(28,29)15-8-13(18(20,21)22)7-14(9-15)19(23,24)25/h2-9,26H,10H2,1H3. The van der Waals surface area contributed by atoms with E-state index >= 15 is 0 Å². The molecule has 0 unspecified atom stereocenters. The second-order valence-electron chi connectivity index (χ2n) is 6.46. The number of benzene rings is 2. The van der Waals surface area contributed by atoms with Gasteiger partial charge in [0.2, 0.25) is 10.0 Å². The molecule has 1 aromatic heterocycles. The maximum absolute atomic E-state index is 13.0. The van der Waals surface area contributed by atoms with Crippen LogP contribution < -0.4 is 4.72 Å². The summed E-state index contributed by atoms with van der Waals surface area (Å²) < 4.78 is 105. The largest absolute Gasteiger partial charge is 0.416 e. The first-order chi connectivity index (χ1) is 14.3. The van der Waals surface area contributed by atoms with Crippen LogP contribution in [0.2, 0.25) is 0 Å². The fourth-order valence-electron chi connectivity index (χ4n) is 2.62. The van der Waals surface area contributed by atoms with Gasteiger partial charge < -0.3 is 0 Å². The Labute approximate surface area is 177 Å². The molecule has 0 saturated heterocycles. The minimum atomic E-state index is -5.15. The lowest BCUT2D eigenvalue weighted by atomic mass is 10.1. The van der Waals surface area contributed by atoms with Crippen LogP contribution in [0.25, 0.3) is 10.6 Å². The molecule has 3 aromatic rings. The quantitative estimate of drug-likeness (QED) is 0.482. The molecule has 31 heavy (non-hydrogen) atoms. The number of thiazole rings is 1. The van der Waals surface area contributed by atoms with Gasteiger partial charge in [0.1, 0.15) is 5.01 Å². The molecule has 0 spiro atoms. The predicted octanol–water partition coefficient (Wildman–Crippen LogP) is 5.63. The van der Waals surface area contributed by atoms with Crippen molar-refractivity contribution in [2.75, 3.05) is 0 Å². The van der Waals surface area contributed by atoms with Crippen molar-refractivity contribution in [2.24, 2.45) is 0 Å². The Balaban J connectivity index is 1.90. The third kappa shape index (κ3) is 5.43. The first kappa shape index (κ1) is 23.2. The molecule has 12 heteroatoms. The van der Waals surface area contributed by atoms with Gasteiger partial charge in [-0.3, -0.25) is 0 Å². The van der Waals surface area contributed by atoms with Crippen molar-refractivity contribution in [1.29, 1.82) is 0 Å². The second kappa shape index (κ2) is 8.24. The highest BCUT2D eigenvalue weighted by Gasteiger charge is 2.38. The summed E-state index contributed by atoms with van der Waals surface area (Å²) in [7, 11) is -4.67. The minimum absolute atomic E-state index is 0.126. The zero-order valence-electron chi connectivity index (χ0n) is 15.7. The topological polar surface area (TPSA) is 59.1 Å². The fraction of sp³-hybridized carbons (Fsp3) is 0.211. The molecular formula is C19H14F6N2O2S2. The summed E-state index contributed by atoms with van der Waals surface area (Å²) in [6, 6.07) is 9.21. The van der Waals surface area contributed by atoms with Crippen LogP contribution in [0.4, 0.5) is 26.3 Å². The number of alkyl halides is 6. The van der Waals surface area contributed by atoms with Crippen molar-refractivity contribution in [3.05, 3.63) is 70.2 Å². The molecule has 0 saturated carbocycles. The highest BCUT2D eigenvalue weighted by atomic mass is 32.2. The number of rotatable bonds is 5. The number of sulfonamides is 1. The van der Waals surface area contributed by atoms with E-state index in [1.165, 1.54) is 11.3 Å². The average molecular weight is 480 g/mol. The van der Waals surface area contributed by atoms with Crippen LogP contribution in [0.3, 0.4) is 0 Å². The van der Waals surface area contributed by atoms with Crippen molar-refractivity contribution in [3.8, 4) is 10.6 Å². The molecule has 3 rings (SSSR count). The summed E-state index contributed by atoms with van der Waals surface area (Å²) >= 11 is 1.17. The number of aryl methyl sites for hydroxylation is 1. The Morgan fingerprint density at radius 1 is 0.935 bits per heavy atom. The zero-order valence-corrected chi connectivity index (χ0v) is 17.3. The molecule has 0 aliphatic heterocycles. The number of aromatic nitrogens is 1. The lowest BCUT2D eigenvalue weighted by Gasteiger charge is -2.14. The Morgan fingerprint density at radius 3 is 2.00 bits per heavy atom. The van der Waals surface area contributed by atoms with E-state index in [1.54, 1.807) is 31.2 Å². The number of hydrogen-bond acceptors (Lipinski definition) is 4. The Morgan fingerprint density at radius 2 is 1.48 bits per heavy atom. The monoisotopic (exact) mass is 480 g/mol. The van der Waals surface area contributed by atoms with E-state index in [0.717, 1.165) is 5.56 Å². The van der Waals surface area contributed by atoms with Crippen LogP contribution >= 0.6 is 11.3 Å². The van der Waals surface area contributed by atoms with Crippen molar-refractivity contribution in [2.45, 2.75) is 30.7 Å². The first-order valence-corrected chi connectivity index (χ1v) is 10.9. The summed E-state index contributed by atoms with van der Waals surface area (Å²) in [5, 5.41) is 0.603. The molecule has 0 radical (unpaired) electrons. The summed E-state index contributed by atoms with van der Waals surface area (Å²) in [5.74, 6) is 0. The van der Waals surface area contributed by atoms with Gasteiger partial charge in [-0.25, -0.2) is 18.1 Å². The molecular weight excluding hydrogens is 466 g/mol. The number of nitrogens with zero attached hydrogens (tertiary/aromatic N) is 1. The summed E-state index contributed by atoms with van der Waals surface area (Å²) in [6.07, 6.45) is -10.3. The average Bonchev–Trinajstić information content (AvgIpc) is 3.06. The van der Waals surface area contributed by atoms with Crippen LogP contribution in [0.15, 0.2) is 53.4 Å². The van der Waals surface area contributed by atoms with Crippen molar-refractivity contribution in [1.82, 2.24) is 9.71 Å². The van der Waals surface area contributed by atoms with Gasteiger partial charge in [0.05, 0.1) is 21.7 Å². The molecule has 0 aliphatic carbocycles. The van der Waals surface area contributed by atoms with Gasteiger partial charge in [-0.15, -0.1) is 11.3 Å². The Kier molecular flexibility index (Phi) is 6.18. The van der Waals surface area contributed by atoms with Crippen molar-refractivity contribution < 1.29 is 34.8 Å². The summed E-state index contributed by atoms with van der Waals surface area (Å²) in [6.45, 7) is 1.29. The van der Waals surface area contributed by atoms with Crippen molar-refractivity contribution in [3.63, 3.8) is 0 Å². The van der Waals surface area contributed by atoms with Gasteiger partial charge in [0.25, 0.3) is 0 Å². The minimum Gasteiger partial charge on any atom is -0.241 e. The third-order valence-electron chi connectivity index (χ3n) is 4.21. The van der Waals surface area contributed by atoms with Gasteiger partial charge in [0, 0.05) is 17.0 Å². The number of nitrogens with one attached hydrogen (secondary N) is 1. The SMILES string of the molecule is Cc1nc(-c2ccccc2)sc1CNS(=O)(=O)c1cc(C(F)(F)F)cc(C(F)(F)F)c1. The summed E-state index contributed by atoms with van der Waals surface area (Å²) in [4.78, 5) is 3.69. The fourth-order valence-corrected chi connectivity index (χ4v) is 4.79. The van der Waals surface area contributed by atoms with Gasteiger partial charge >= 0.3 is 12.4 Å². The van der Waals surface area contributed by atoms with Gasteiger partial charge in [-0.2, -0.15) is 26.3 Å². The van der Waals surface area contributed by atoms with E-state index in [0.29, 0.717) is 15.6 Å². The van der Waals surface area contributed by atoms with Gasteiger partial charge in [0.15, 0.2) is 0 Å². The molecule has 1 heterocycles. The molecule has 2 aromatic carbocycles. The van der Waals surface area contributed by atoms with E-state index in [4.69, 9.17) is 0 Å². The van der Waals surface area contributed by atoms with Crippen LogP contribution in [-0.4, -0.2) is 13.4 Å². The Hall–Kier alpha value is -2.44. The highest BCUT2D eigenvalue weighted by molar-refractivity contribution is 7.89.